The number of amides is 1. The van der Waals surface area contributed by atoms with E-state index in [1.54, 1.807) is 22.3 Å². The smallest absolute Gasteiger partial charge is 0.308 e. The standard InChI is InChI=1S/C19H20N2O4S.2ClH/c1-13-20-16(12-26-13)11-25-17-4-2-3-14(9-17)5-6-18(22)21-8-7-15(10-21)19(23)24;;/h2-6,9,12,15H,7-8,10-11H2,1H3,(H,23,24);2*1H. The second-order valence-electron chi connectivity index (χ2n) is 6.16. The highest BCUT2D eigenvalue weighted by Gasteiger charge is 2.29. The van der Waals surface area contributed by atoms with E-state index in [1.807, 2.05) is 36.6 Å². The molecule has 0 bridgehead atoms. The maximum Gasteiger partial charge on any atom is 0.308 e. The molecule has 6 nitrogen and oxygen atoms in total. The lowest BCUT2D eigenvalue weighted by molar-refractivity contribution is -0.141. The molecule has 28 heavy (non-hydrogen) atoms. The molecule has 1 unspecified atom stereocenters. The first-order chi connectivity index (χ1) is 12.5. The van der Waals surface area contributed by atoms with E-state index in [0.717, 1.165) is 16.3 Å². The van der Waals surface area contributed by atoms with E-state index in [4.69, 9.17) is 9.84 Å². The van der Waals surface area contributed by atoms with E-state index in [-0.39, 0.29) is 37.3 Å². The van der Waals surface area contributed by atoms with Gasteiger partial charge in [-0.05, 0) is 37.1 Å². The third kappa shape index (κ3) is 6.51. The lowest BCUT2D eigenvalue weighted by atomic mass is 10.1. The number of halogens is 2. The maximum atomic E-state index is 12.2. The maximum absolute atomic E-state index is 12.2. The van der Waals surface area contributed by atoms with Crippen molar-refractivity contribution < 1.29 is 19.4 Å². The van der Waals surface area contributed by atoms with Gasteiger partial charge in [0, 0.05) is 24.5 Å². The number of likely N-dealkylation sites (tertiary alicyclic amines) is 1. The van der Waals surface area contributed by atoms with Crippen molar-refractivity contribution in [2.24, 2.45) is 5.92 Å². The van der Waals surface area contributed by atoms with Crippen LogP contribution in [0.15, 0.2) is 35.7 Å². The molecule has 3 rings (SSSR count). The van der Waals surface area contributed by atoms with Gasteiger partial charge < -0.3 is 14.7 Å². The van der Waals surface area contributed by atoms with Gasteiger partial charge in [0.2, 0.25) is 5.91 Å². The van der Waals surface area contributed by atoms with Crippen molar-refractivity contribution in [3.63, 3.8) is 0 Å². The molecule has 1 amide bonds. The Morgan fingerprint density at radius 2 is 2.18 bits per heavy atom. The Bertz CT molecular complexity index is 841. The van der Waals surface area contributed by atoms with Gasteiger partial charge in [-0.25, -0.2) is 4.98 Å². The summed E-state index contributed by atoms with van der Waals surface area (Å²) in [5, 5.41) is 12.0. The monoisotopic (exact) mass is 444 g/mol. The Balaban J connectivity index is 0.00000196. The molecule has 0 radical (unpaired) electrons. The summed E-state index contributed by atoms with van der Waals surface area (Å²) in [6.07, 6.45) is 3.71. The second-order valence-corrected chi connectivity index (χ2v) is 7.22. The number of carboxylic acids is 1. The number of carboxylic acid groups (broad SMARTS) is 1. The first kappa shape index (κ1) is 23.9. The Hall–Kier alpha value is -2.09. The zero-order valence-electron chi connectivity index (χ0n) is 15.2. The molecule has 1 atom stereocenters. The van der Waals surface area contributed by atoms with Crippen molar-refractivity contribution in [1.29, 1.82) is 0 Å². The number of aromatic nitrogens is 1. The fraction of sp³-hybridized carbons (Fsp3) is 0.316. The molecular weight excluding hydrogens is 423 g/mol. The Morgan fingerprint density at radius 1 is 1.39 bits per heavy atom. The number of hydrogen-bond acceptors (Lipinski definition) is 5. The van der Waals surface area contributed by atoms with Gasteiger partial charge in [0.15, 0.2) is 0 Å². The number of carbonyl (C=O) groups is 2. The highest BCUT2D eigenvalue weighted by atomic mass is 35.5. The predicted molar refractivity (Wildman–Crippen MR) is 113 cm³/mol. The molecule has 2 heterocycles. The molecule has 9 heteroatoms. The molecule has 0 spiro atoms. The summed E-state index contributed by atoms with van der Waals surface area (Å²) < 4.78 is 5.74. The summed E-state index contributed by atoms with van der Waals surface area (Å²) in [5.74, 6) is -0.766. The number of benzene rings is 1. The molecule has 1 aromatic heterocycles. The average molecular weight is 445 g/mol. The fourth-order valence-corrected chi connectivity index (χ4v) is 3.37. The van der Waals surface area contributed by atoms with Crippen LogP contribution in [0.2, 0.25) is 0 Å². The molecule has 1 aromatic carbocycles. The number of aliphatic carboxylic acids is 1. The van der Waals surface area contributed by atoms with Crippen LogP contribution in [-0.2, 0) is 16.2 Å². The number of nitrogens with zero attached hydrogens (tertiary/aromatic N) is 2. The summed E-state index contributed by atoms with van der Waals surface area (Å²) in [7, 11) is 0. The molecule has 1 fully saturated rings. The van der Waals surface area contributed by atoms with Gasteiger partial charge in [0.05, 0.1) is 16.6 Å². The van der Waals surface area contributed by atoms with E-state index in [9.17, 15) is 9.59 Å². The minimum absolute atomic E-state index is 0. The van der Waals surface area contributed by atoms with Crippen molar-refractivity contribution in [2.75, 3.05) is 13.1 Å². The summed E-state index contributed by atoms with van der Waals surface area (Å²) >= 11 is 1.59. The van der Waals surface area contributed by atoms with Crippen LogP contribution >= 0.6 is 36.2 Å². The molecule has 0 aliphatic carbocycles. The van der Waals surface area contributed by atoms with Crippen LogP contribution in [0.3, 0.4) is 0 Å². The number of hydrogen-bond donors (Lipinski definition) is 1. The quantitative estimate of drug-likeness (QED) is 0.684. The SMILES string of the molecule is Cc1nc(COc2cccc(C=CC(=O)N3CCC(C(=O)O)C3)c2)cs1.Cl.Cl. The third-order valence-corrected chi connectivity index (χ3v) is 5.00. The normalized spacial score (nSPS) is 15.8. The lowest BCUT2D eigenvalue weighted by Crippen LogP contribution is -2.28. The van der Waals surface area contributed by atoms with Gasteiger partial charge in [0.25, 0.3) is 0 Å². The van der Waals surface area contributed by atoms with Gasteiger partial charge in [-0.15, -0.1) is 36.2 Å². The largest absolute Gasteiger partial charge is 0.487 e. The molecule has 2 aromatic rings. The van der Waals surface area contributed by atoms with Gasteiger partial charge in [0.1, 0.15) is 12.4 Å². The highest BCUT2D eigenvalue weighted by molar-refractivity contribution is 7.09. The van der Waals surface area contributed by atoms with Gasteiger partial charge >= 0.3 is 5.97 Å². The lowest BCUT2D eigenvalue weighted by Gasteiger charge is -2.12. The van der Waals surface area contributed by atoms with Crippen molar-refractivity contribution in [3.05, 3.63) is 52.0 Å². The molecule has 1 saturated heterocycles. The minimum atomic E-state index is -0.843. The fourth-order valence-electron chi connectivity index (χ4n) is 2.77. The second kappa shape index (κ2) is 11.0. The molecule has 152 valence electrons. The van der Waals surface area contributed by atoms with Gasteiger partial charge in [-0.2, -0.15) is 0 Å². The van der Waals surface area contributed by atoms with Crippen LogP contribution in [0.5, 0.6) is 5.75 Å². The molecule has 1 N–H and O–H groups in total. The van der Waals surface area contributed by atoms with Gasteiger partial charge in [-0.3, -0.25) is 9.59 Å². The first-order valence-corrected chi connectivity index (χ1v) is 9.23. The van der Waals surface area contributed by atoms with E-state index >= 15 is 0 Å². The Labute approximate surface area is 180 Å². The zero-order chi connectivity index (χ0) is 18.5. The van der Waals surface area contributed by atoms with Crippen LogP contribution in [0.25, 0.3) is 6.08 Å². The average Bonchev–Trinajstić information content (AvgIpc) is 3.27. The topological polar surface area (TPSA) is 79.7 Å². The molecule has 1 aliphatic rings. The third-order valence-electron chi connectivity index (χ3n) is 4.18. The number of thiazole rings is 1. The predicted octanol–water partition coefficient (Wildman–Crippen LogP) is 3.82. The Kier molecular flexibility index (Phi) is 9.45. The van der Waals surface area contributed by atoms with E-state index < -0.39 is 11.9 Å². The van der Waals surface area contributed by atoms with E-state index in [0.29, 0.717) is 25.3 Å². The number of aryl methyl sites for hydroxylation is 1. The molecule has 1 aliphatic heterocycles. The van der Waals surface area contributed by atoms with Crippen LogP contribution in [0, 0.1) is 12.8 Å². The summed E-state index contributed by atoms with van der Waals surface area (Å²) in [6, 6.07) is 7.46. The van der Waals surface area contributed by atoms with Gasteiger partial charge in [-0.1, -0.05) is 12.1 Å². The Morgan fingerprint density at radius 3 is 2.82 bits per heavy atom. The summed E-state index contributed by atoms with van der Waals surface area (Å²) in [5.41, 5.74) is 1.74. The number of rotatable bonds is 6. The van der Waals surface area contributed by atoms with Crippen molar-refractivity contribution in [1.82, 2.24) is 9.88 Å². The van der Waals surface area contributed by atoms with E-state index in [1.165, 1.54) is 6.08 Å². The first-order valence-electron chi connectivity index (χ1n) is 8.35. The van der Waals surface area contributed by atoms with Crippen molar-refractivity contribution >= 4 is 54.1 Å². The number of ether oxygens (including phenoxy) is 1. The molecular formula is C19H22Cl2N2O4S. The number of carbonyl (C=O) groups excluding carboxylic acids is 1. The van der Waals surface area contributed by atoms with Crippen LogP contribution in [0.1, 0.15) is 22.7 Å². The van der Waals surface area contributed by atoms with Crippen LogP contribution < -0.4 is 4.74 Å². The van der Waals surface area contributed by atoms with E-state index in [2.05, 4.69) is 4.98 Å². The molecule has 0 saturated carbocycles. The van der Waals surface area contributed by atoms with Crippen LogP contribution in [0.4, 0.5) is 0 Å². The summed E-state index contributed by atoms with van der Waals surface area (Å²) in [4.78, 5) is 29.1. The van der Waals surface area contributed by atoms with Crippen LogP contribution in [-0.4, -0.2) is 40.0 Å². The summed E-state index contributed by atoms with van der Waals surface area (Å²) in [6.45, 7) is 3.11. The zero-order valence-corrected chi connectivity index (χ0v) is 17.7. The highest BCUT2D eigenvalue weighted by Crippen LogP contribution is 2.19. The minimum Gasteiger partial charge on any atom is -0.487 e. The van der Waals surface area contributed by atoms with Crippen molar-refractivity contribution in [2.45, 2.75) is 20.0 Å². The van der Waals surface area contributed by atoms with Crippen molar-refractivity contribution in [3.8, 4) is 5.75 Å².